The summed E-state index contributed by atoms with van der Waals surface area (Å²) in [6.07, 6.45) is -0.192. The summed E-state index contributed by atoms with van der Waals surface area (Å²) in [6.45, 7) is 7.26. The summed E-state index contributed by atoms with van der Waals surface area (Å²) in [7, 11) is -3.86. The molecule has 1 aliphatic rings. The van der Waals surface area contributed by atoms with Crippen molar-refractivity contribution in [2.75, 3.05) is 31.6 Å². The molecule has 0 unspecified atom stereocenters. The Bertz CT molecular complexity index is 1040. The largest absolute Gasteiger partial charge is 0.486 e. The van der Waals surface area contributed by atoms with E-state index >= 15 is 0 Å². The lowest BCUT2D eigenvalue weighted by atomic mass is 10.1. The van der Waals surface area contributed by atoms with Crippen LogP contribution in [0.3, 0.4) is 0 Å². The van der Waals surface area contributed by atoms with Gasteiger partial charge in [0.25, 0.3) is 0 Å². The first-order valence-corrected chi connectivity index (χ1v) is 11.3. The van der Waals surface area contributed by atoms with Crippen LogP contribution in [0.15, 0.2) is 41.3 Å². The third kappa shape index (κ3) is 5.29. The van der Waals surface area contributed by atoms with Crippen molar-refractivity contribution in [2.24, 2.45) is 5.14 Å². The van der Waals surface area contributed by atoms with Crippen molar-refractivity contribution in [1.82, 2.24) is 4.90 Å². The zero-order chi connectivity index (χ0) is 21.9. The topological polar surface area (TPSA) is 111 Å². The van der Waals surface area contributed by atoms with Crippen molar-refractivity contribution in [2.45, 2.75) is 31.8 Å². The SMILES string of the molecule is CCN(CC(=O)Nc1cc(S(N)(=O)=O)cc(C)c1C)C[C@@H]1COc2ccccc2O1. The Kier molecular flexibility index (Phi) is 6.64. The van der Waals surface area contributed by atoms with E-state index < -0.39 is 10.0 Å². The van der Waals surface area contributed by atoms with Crippen LogP contribution in [0.1, 0.15) is 18.1 Å². The normalized spacial score (nSPS) is 15.8. The number of amides is 1. The molecule has 30 heavy (non-hydrogen) atoms. The van der Waals surface area contributed by atoms with Crippen LogP contribution in [0.5, 0.6) is 11.5 Å². The van der Waals surface area contributed by atoms with E-state index in [1.165, 1.54) is 12.1 Å². The van der Waals surface area contributed by atoms with Crippen molar-refractivity contribution >= 4 is 21.6 Å². The molecule has 1 atom stereocenters. The van der Waals surface area contributed by atoms with E-state index in [0.717, 1.165) is 16.9 Å². The van der Waals surface area contributed by atoms with Crippen LogP contribution in [0, 0.1) is 13.8 Å². The van der Waals surface area contributed by atoms with Gasteiger partial charge in [0, 0.05) is 12.2 Å². The summed E-state index contributed by atoms with van der Waals surface area (Å²) in [5.74, 6) is 1.17. The summed E-state index contributed by atoms with van der Waals surface area (Å²) in [5, 5.41) is 8.05. The van der Waals surface area contributed by atoms with Gasteiger partial charge in [0.2, 0.25) is 15.9 Å². The van der Waals surface area contributed by atoms with Gasteiger partial charge in [0.05, 0.1) is 11.4 Å². The van der Waals surface area contributed by atoms with E-state index in [0.29, 0.717) is 31.1 Å². The van der Waals surface area contributed by atoms with Crippen molar-refractivity contribution in [3.63, 3.8) is 0 Å². The predicted molar refractivity (Wildman–Crippen MR) is 114 cm³/mol. The number of anilines is 1. The summed E-state index contributed by atoms with van der Waals surface area (Å²) >= 11 is 0. The fourth-order valence-electron chi connectivity index (χ4n) is 3.26. The van der Waals surface area contributed by atoms with Gasteiger partial charge in [-0.05, 0) is 55.8 Å². The Morgan fingerprint density at radius 3 is 2.60 bits per heavy atom. The van der Waals surface area contributed by atoms with Crippen LogP contribution in [0.4, 0.5) is 5.69 Å². The van der Waals surface area contributed by atoms with Gasteiger partial charge >= 0.3 is 0 Å². The van der Waals surface area contributed by atoms with E-state index in [-0.39, 0.29) is 23.5 Å². The maximum atomic E-state index is 12.6. The molecule has 0 aliphatic carbocycles. The predicted octanol–water partition coefficient (Wildman–Crippen LogP) is 2.05. The first-order valence-electron chi connectivity index (χ1n) is 9.72. The number of aryl methyl sites for hydroxylation is 1. The van der Waals surface area contributed by atoms with Crippen LogP contribution in [-0.2, 0) is 14.8 Å². The zero-order valence-corrected chi connectivity index (χ0v) is 18.2. The summed E-state index contributed by atoms with van der Waals surface area (Å²) in [5.41, 5.74) is 1.96. The molecule has 2 aromatic carbocycles. The first kappa shape index (κ1) is 22.1. The van der Waals surface area contributed by atoms with Gasteiger partial charge in [0.15, 0.2) is 11.5 Å². The molecule has 2 aromatic rings. The summed E-state index contributed by atoms with van der Waals surface area (Å²) in [6, 6.07) is 10.4. The molecule has 9 heteroatoms. The lowest BCUT2D eigenvalue weighted by Gasteiger charge is -2.30. The number of fused-ring (bicyclic) bond motifs is 1. The van der Waals surface area contributed by atoms with E-state index in [2.05, 4.69) is 5.32 Å². The molecular weight excluding hydrogens is 406 g/mol. The van der Waals surface area contributed by atoms with Gasteiger partial charge in [-0.3, -0.25) is 9.69 Å². The molecule has 162 valence electrons. The van der Waals surface area contributed by atoms with E-state index in [4.69, 9.17) is 14.6 Å². The highest BCUT2D eigenvalue weighted by Crippen LogP contribution is 2.31. The second-order valence-electron chi connectivity index (χ2n) is 7.33. The van der Waals surface area contributed by atoms with Crippen molar-refractivity contribution < 1.29 is 22.7 Å². The maximum absolute atomic E-state index is 12.6. The molecule has 1 aliphatic heterocycles. The Labute approximate surface area is 177 Å². The number of carbonyl (C=O) groups excluding carboxylic acids is 1. The number of para-hydroxylation sites is 2. The fraction of sp³-hybridized carbons (Fsp3) is 0.381. The van der Waals surface area contributed by atoms with Crippen LogP contribution in [0.25, 0.3) is 0 Å². The van der Waals surface area contributed by atoms with Crippen LogP contribution < -0.4 is 19.9 Å². The number of hydrogen-bond donors (Lipinski definition) is 2. The molecule has 0 fully saturated rings. The number of sulfonamides is 1. The third-order valence-electron chi connectivity index (χ3n) is 5.09. The summed E-state index contributed by atoms with van der Waals surface area (Å²) in [4.78, 5) is 14.6. The van der Waals surface area contributed by atoms with Crippen LogP contribution in [-0.4, -0.2) is 51.6 Å². The van der Waals surface area contributed by atoms with Gasteiger partial charge in [-0.15, -0.1) is 0 Å². The zero-order valence-electron chi connectivity index (χ0n) is 17.3. The van der Waals surface area contributed by atoms with Gasteiger partial charge < -0.3 is 14.8 Å². The minimum absolute atomic E-state index is 0.0281. The van der Waals surface area contributed by atoms with Crippen LogP contribution in [0.2, 0.25) is 0 Å². The molecule has 3 N–H and O–H groups in total. The molecule has 0 spiro atoms. The number of likely N-dealkylation sites (N-methyl/N-ethyl adjacent to an activating group) is 1. The highest BCUT2D eigenvalue weighted by molar-refractivity contribution is 7.89. The summed E-state index contributed by atoms with van der Waals surface area (Å²) < 4.78 is 35.1. The molecular formula is C21H27N3O5S. The number of carbonyl (C=O) groups is 1. The Morgan fingerprint density at radius 1 is 1.23 bits per heavy atom. The average molecular weight is 434 g/mol. The Balaban J connectivity index is 1.64. The second kappa shape index (κ2) is 9.03. The Morgan fingerprint density at radius 2 is 1.93 bits per heavy atom. The first-order chi connectivity index (χ1) is 14.2. The number of primary sulfonamides is 1. The number of hydrogen-bond acceptors (Lipinski definition) is 6. The molecule has 1 amide bonds. The van der Waals surface area contributed by atoms with Crippen molar-refractivity contribution in [3.05, 3.63) is 47.5 Å². The number of nitrogens with zero attached hydrogens (tertiary/aromatic N) is 1. The molecule has 0 aromatic heterocycles. The molecule has 1 heterocycles. The molecule has 0 radical (unpaired) electrons. The van der Waals surface area contributed by atoms with Gasteiger partial charge in [-0.25, -0.2) is 13.6 Å². The number of nitrogens with two attached hydrogens (primary N) is 1. The quantitative estimate of drug-likeness (QED) is 0.691. The number of ether oxygens (including phenoxy) is 2. The Hall–Kier alpha value is -2.62. The highest BCUT2D eigenvalue weighted by Gasteiger charge is 2.24. The minimum atomic E-state index is -3.86. The number of benzene rings is 2. The second-order valence-corrected chi connectivity index (χ2v) is 8.89. The smallest absolute Gasteiger partial charge is 0.238 e. The van der Waals surface area contributed by atoms with E-state index in [1.807, 2.05) is 43.0 Å². The molecule has 8 nitrogen and oxygen atoms in total. The third-order valence-corrected chi connectivity index (χ3v) is 5.98. The fourth-order valence-corrected chi connectivity index (χ4v) is 3.88. The molecule has 0 bridgehead atoms. The van der Waals surface area contributed by atoms with Gasteiger partial charge in [-0.2, -0.15) is 0 Å². The van der Waals surface area contributed by atoms with Crippen molar-refractivity contribution in [1.29, 1.82) is 0 Å². The maximum Gasteiger partial charge on any atom is 0.238 e. The van der Waals surface area contributed by atoms with Crippen molar-refractivity contribution in [3.8, 4) is 11.5 Å². The standard InChI is InChI=1S/C21H27N3O5S/c1-4-24(11-16-13-28-19-7-5-6-8-20(19)29-16)12-21(25)23-18-10-17(30(22,26)27)9-14(2)15(18)3/h5-10,16H,4,11-13H2,1-3H3,(H,23,25)(H2,22,26,27)/t16-/m1/s1. The van der Waals surface area contributed by atoms with Crippen LogP contribution >= 0.6 is 0 Å². The monoisotopic (exact) mass is 433 g/mol. The lowest BCUT2D eigenvalue weighted by molar-refractivity contribution is -0.117. The molecule has 0 saturated heterocycles. The van der Waals surface area contributed by atoms with E-state index in [9.17, 15) is 13.2 Å². The molecule has 0 saturated carbocycles. The van der Waals surface area contributed by atoms with E-state index in [1.54, 1.807) is 6.92 Å². The molecule has 3 rings (SSSR count). The number of nitrogens with one attached hydrogen (secondary N) is 1. The average Bonchev–Trinajstić information content (AvgIpc) is 2.69. The minimum Gasteiger partial charge on any atom is -0.486 e. The lowest BCUT2D eigenvalue weighted by Crippen LogP contribution is -2.43. The highest BCUT2D eigenvalue weighted by atomic mass is 32.2. The van der Waals surface area contributed by atoms with Gasteiger partial charge in [0.1, 0.15) is 12.7 Å². The number of rotatable bonds is 7. The van der Waals surface area contributed by atoms with Gasteiger partial charge in [-0.1, -0.05) is 19.1 Å².